The smallest absolute Gasteiger partial charge is 0.199 e. The first-order valence-corrected chi connectivity index (χ1v) is 7.31. The predicted octanol–water partition coefficient (Wildman–Crippen LogP) is 3.19. The van der Waals surface area contributed by atoms with Crippen LogP contribution in [0, 0.1) is 0 Å². The van der Waals surface area contributed by atoms with Crippen LogP contribution in [0.1, 0.15) is 0 Å². The van der Waals surface area contributed by atoms with Crippen LogP contribution in [0.3, 0.4) is 0 Å². The maximum Gasteiger partial charge on any atom is 0.284 e. The third kappa shape index (κ3) is 2.49. The highest BCUT2D eigenvalue weighted by Crippen LogP contribution is 2.26. The molecular formula is C9H5BrCl2N2O2S. The Morgan fingerprint density at radius 3 is 2.59 bits per heavy atom. The lowest BCUT2D eigenvalue weighted by molar-refractivity contribution is 0.580. The van der Waals surface area contributed by atoms with Crippen LogP contribution >= 0.6 is 39.1 Å². The molecule has 0 spiro atoms. The van der Waals surface area contributed by atoms with Crippen LogP contribution in [0.25, 0.3) is 0 Å². The quantitative estimate of drug-likeness (QED) is 0.831. The molecule has 0 aliphatic heterocycles. The molecule has 1 heterocycles. The molecule has 0 unspecified atom stereocenters. The Labute approximate surface area is 116 Å². The van der Waals surface area contributed by atoms with Crippen LogP contribution in [0.15, 0.2) is 40.0 Å². The average Bonchev–Trinajstić information content (AvgIpc) is 2.69. The fraction of sp³-hybridized carbons (Fsp3) is 0. The van der Waals surface area contributed by atoms with Gasteiger partial charge >= 0.3 is 0 Å². The molecule has 1 aromatic heterocycles. The van der Waals surface area contributed by atoms with Gasteiger partial charge in [-0.25, -0.2) is 0 Å². The summed E-state index contributed by atoms with van der Waals surface area (Å²) in [7, 11) is -3.81. The second kappa shape index (κ2) is 4.61. The lowest BCUT2D eigenvalue weighted by Crippen LogP contribution is -2.13. The summed E-state index contributed by atoms with van der Waals surface area (Å²) in [5.74, 6) is 0. The van der Waals surface area contributed by atoms with Crippen molar-refractivity contribution in [1.29, 1.82) is 0 Å². The monoisotopic (exact) mass is 354 g/mol. The molecule has 0 aliphatic carbocycles. The summed E-state index contributed by atoms with van der Waals surface area (Å²) in [6, 6.07) is 4.23. The number of halogens is 3. The summed E-state index contributed by atoms with van der Waals surface area (Å²) in [6.45, 7) is 0. The SMILES string of the molecule is O=S(=O)(c1cc(Cl)ccc1Cl)n1cc(Br)cn1. The molecule has 0 N–H and O–H groups in total. The van der Waals surface area contributed by atoms with Crippen molar-refractivity contribution in [2.45, 2.75) is 4.90 Å². The fourth-order valence-corrected chi connectivity index (χ4v) is 3.47. The summed E-state index contributed by atoms with van der Waals surface area (Å²) < 4.78 is 25.7. The first-order chi connectivity index (χ1) is 7.91. The van der Waals surface area contributed by atoms with Gasteiger partial charge in [-0.05, 0) is 34.1 Å². The molecule has 0 bridgehead atoms. The number of benzene rings is 1. The van der Waals surface area contributed by atoms with E-state index in [4.69, 9.17) is 23.2 Å². The molecule has 90 valence electrons. The van der Waals surface area contributed by atoms with E-state index in [0.717, 1.165) is 4.09 Å². The van der Waals surface area contributed by atoms with Gasteiger partial charge < -0.3 is 0 Å². The molecule has 0 atom stereocenters. The number of nitrogens with zero attached hydrogens (tertiary/aromatic N) is 2. The van der Waals surface area contributed by atoms with Gasteiger partial charge in [0, 0.05) is 5.02 Å². The van der Waals surface area contributed by atoms with Gasteiger partial charge in [-0.1, -0.05) is 23.2 Å². The fourth-order valence-electron chi connectivity index (χ4n) is 1.19. The van der Waals surface area contributed by atoms with E-state index < -0.39 is 10.0 Å². The largest absolute Gasteiger partial charge is 0.284 e. The topological polar surface area (TPSA) is 52.0 Å². The van der Waals surface area contributed by atoms with Crippen molar-refractivity contribution in [3.63, 3.8) is 0 Å². The van der Waals surface area contributed by atoms with E-state index in [1.54, 1.807) is 0 Å². The molecule has 1 aromatic carbocycles. The Hall–Kier alpha value is -0.560. The van der Waals surface area contributed by atoms with Gasteiger partial charge in [-0.3, -0.25) is 0 Å². The minimum absolute atomic E-state index is 0.0812. The molecule has 0 radical (unpaired) electrons. The summed E-state index contributed by atoms with van der Waals surface area (Å²) in [5, 5.41) is 4.10. The molecular weight excluding hydrogens is 351 g/mol. The van der Waals surface area contributed by atoms with E-state index >= 15 is 0 Å². The van der Waals surface area contributed by atoms with E-state index in [2.05, 4.69) is 21.0 Å². The zero-order valence-electron chi connectivity index (χ0n) is 8.14. The van der Waals surface area contributed by atoms with Gasteiger partial charge in [-0.2, -0.15) is 17.6 Å². The highest BCUT2D eigenvalue weighted by molar-refractivity contribution is 9.10. The van der Waals surface area contributed by atoms with Crippen LogP contribution in [0.2, 0.25) is 10.0 Å². The normalized spacial score (nSPS) is 11.7. The predicted molar refractivity (Wildman–Crippen MR) is 69.0 cm³/mol. The number of hydrogen-bond donors (Lipinski definition) is 0. The van der Waals surface area contributed by atoms with Gasteiger partial charge in [-0.15, -0.1) is 0 Å². The molecule has 4 nitrogen and oxygen atoms in total. The lowest BCUT2D eigenvalue weighted by Gasteiger charge is -2.06. The van der Waals surface area contributed by atoms with Crippen molar-refractivity contribution in [2.24, 2.45) is 0 Å². The summed E-state index contributed by atoms with van der Waals surface area (Å²) in [5.41, 5.74) is 0. The highest BCUT2D eigenvalue weighted by atomic mass is 79.9. The van der Waals surface area contributed by atoms with Crippen molar-refractivity contribution in [1.82, 2.24) is 9.19 Å². The summed E-state index contributed by atoms with van der Waals surface area (Å²) in [6.07, 6.45) is 2.70. The Balaban J connectivity index is 2.63. The second-order valence-electron chi connectivity index (χ2n) is 3.11. The molecule has 2 rings (SSSR count). The number of hydrogen-bond acceptors (Lipinski definition) is 3. The van der Waals surface area contributed by atoms with Crippen LogP contribution < -0.4 is 0 Å². The van der Waals surface area contributed by atoms with Gasteiger partial charge in [0.2, 0.25) is 0 Å². The van der Waals surface area contributed by atoms with Crippen LogP contribution in [0.5, 0.6) is 0 Å². The summed E-state index contributed by atoms with van der Waals surface area (Å²) >= 11 is 14.7. The van der Waals surface area contributed by atoms with Crippen molar-refractivity contribution in [3.8, 4) is 0 Å². The van der Waals surface area contributed by atoms with Gasteiger partial charge in [0.25, 0.3) is 10.0 Å². The van der Waals surface area contributed by atoms with Crippen LogP contribution in [-0.4, -0.2) is 17.6 Å². The third-order valence-corrected chi connectivity index (χ3v) is 4.62. The number of rotatable bonds is 2. The second-order valence-corrected chi connectivity index (χ2v) is 6.63. The Morgan fingerprint density at radius 1 is 1.29 bits per heavy atom. The minimum Gasteiger partial charge on any atom is -0.199 e. The van der Waals surface area contributed by atoms with E-state index in [1.165, 1.54) is 30.6 Å². The molecule has 0 fully saturated rings. The highest BCUT2D eigenvalue weighted by Gasteiger charge is 2.21. The summed E-state index contributed by atoms with van der Waals surface area (Å²) in [4.78, 5) is -0.0812. The zero-order valence-corrected chi connectivity index (χ0v) is 12.1. The van der Waals surface area contributed by atoms with E-state index in [-0.39, 0.29) is 9.92 Å². The maximum atomic E-state index is 12.2. The van der Waals surface area contributed by atoms with Crippen molar-refractivity contribution in [2.75, 3.05) is 0 Å². The van der Waals surface area contributed by atoms with Gasteiger partial charge in [0.1, 0.15) is 4.90 Å². The van der Waals surface area contributed by atoms with Gasteiger partial charge in [0.05, 0.1) is 21.9 Å². The Kier molecular flexibility index (Phi) is 3.49. The zero-order chi connectivity index (χ0) is 12.6. The Bertz CT molecular complexity index is 669. The maximum absolute atomic E-state index is 12.2. The average molecular weight is 356 g/mol. The van der Waals surface area contributed by atoms with Crippen molar-refractivity contribution in [3.05, 3.63) is 45.1 Å². The molecule has 0 aliphatic rings. The van der Waals surface area contributed by atoms with E-state index in [9.17, 15) is 8.42 Å². The lowest BCUT2D eigenvalue weighted by atomic mass is 10.4. The standard InChI is InChI=1S/C9H5BrCl2N2O2S/c10-6-4-13-14(5-6)17(15,16)9-3-7(11)1-2-8(9)12/h1-5H. The first-order valence-electron chi connectivity index (χ1n) is 4.32. The molecule has 2 aromatic rings. The number of aromatic nitrogens is 2. The Morgan fingerprint density at radius 2 is 2.00 bits per heavy atom. The molecule has 17 heavy (non-hydrogen) atoms. The van der Waals surface area contributed by atoms with Crippen LogP contribution in [0.4, 0.5) is 0 Å². The van der Waals surface area contributed by atoms with E-state index in [1.807, 2.05) is 0 Å². The molecule has 0 saturated heterocycles. The van der Waals surface area contributed by atoms with Crippen molar-refractivity contribution < 1.29 is 8.42 Å². The molecule has 8 heteroatoms. The molecule has 0 amide bonds. The van der Waals surface area contributed by atoms with E-state index in [0.29, 0.717) is 9.50 Å². The van der Waals surface area contributed by atoms with Gasteiger partial charge in [0.15, 0.2) is 0 Å². The first kappa shape index (κ1) is 12.9. The third-order valence-electron chi connectivity index (χ3n) is 1.95. The van der Waals surface area contributed by atoms with Crippen molar-refractivity contribution >= 4 is 49.2 Å². The minimum atomic E-state index is -3.81. The molecule has 0 saturated carbocycles. The van der Waals surface area contributed by atoms with Crippen LogP contribution in [-0.2, 0) is 10.0 Å².